The average molecular weight is 231 g/mol. The molecule has 16 heavy (non-hydrogen) atoms. The summed E-state index contributed by atoms with van der Waals surface area (Å²) in [4.78, 5) is 25.1. The van der Waals surface area contributed by atoms with Crippen LogP contribution in [-0.2, 0) is 4.74 Å². The second kappa shape index (κ2) is 4.87. The summed E-state index contributed by atoms with van der Waals surface area (Å²) >= 11 is 0. The van der Waals surface area contributed by atoms with Crippen molar-refractivity contribution in [2.75, 3.05) is 6.61 Å². The van der Waals surface area contributed by atoms with E-state index in [0.717, 1.165) is 6.20 Å². The highest BCUT2D eigenvalue weighted by molar-refractivity contribution is 5.88. The van der Waals surface area contributed by atoms with Crippen molar-refractivity contribution in [3.8, 4) is 0 Å². The van der Waals surface area contributed by atoms with Gasteiger partial charge in [-0.1, -0.05) is 0 Å². The average Bonchev–Trinajstić information content (AvgIpc) is 2.21. The van der Waals surface area contributed by atoms with E-state index in [9.17, 15) is 18.4 Å². The number of esters is 1. The van der Waals surface area contributed by atoms with Crippen LogP contribution in [0.1, 0.15) is 35.0 Å². The zero-order valence-corrected chi connectivity index (χ0v) is 8.84. The van der Waals surface area contributed by atoms with Crippen molar-refractivity contribution in [2.24, 2.45) is 0 Å². The van der Waals surface area contributed by atoms with Crippen LogP contribution in [0, 0.1) is 6.92 Å². The van der Waals surface area contributed by atoms with Gasteiger partial charge in [-0.25, -0.2) is 13.6 Å². The molecule has 0 fully saturated rings. The van der Waals surface area contributed by atoms with E-state index in [1.807, 2.05) is 0 Å². The summed E-state index contributed by atoms with van der Waals surface area (Å²) < 4.78 is 29.4. The first kappa shape index (κ1) is 12.4. The van der Waals surface area contributed by atoms with Crippen molar-refractivity contribution < 1.29 is 18.3 Å². The first-order valence-electron chi connectivity index (χ1n) is 4.66. The van der Waals surface area contributed by atoms with Crippen LogP contribution in [-0.4, -0.2) is 17.6 Å². The molecule has 1 heterocycles. The number of nitrogens with one attached hydrogen (secondary N) is 1. The zero-order valence-electron chi connectivity index (χ0n) is 8.84. The van der Waals surface area contributed by atoms with Crippen LogP contribution in [0.3, 0.4) is 0 Å². The predicted octanol–water partition coefficient (Wildman–Crippen LogP) is 1.80. The summed E-state index contributed by atoms with van der Waals surface area (Å²) in [5.74, 6) is -0.724. The van der Waals surface area contributed by atoms with Gasteiger partial charge in [-0.05, 0) is 13.8 Å². The number of ether oxygens (including phenoxy) is 1. The quantitative estimate of drug-likeness (QED) is 0.807. The van der Waals surface area contributed by atoms with Crippen molar-refractivity contribution in [3.63, 3.8) is 0 Å². The summed E-state index contributed by atoms with van der Waals surface area (Å²) in [6, 6.07) is 0. The van der Waals surface area contributed by atoms with Crippen LogP contribution in [0.2, 0.25) is 0 Å². The molecule has 0 aliphatic heterocycles. The lowest BCUT2D eigenvalue weighted by molar-refractivity contribution is 0.0517. The number of aromatic nitrogens is 1. The van der Waals surface area contributed by atoms with Crippen molar-refractivity contribution in [1.29, 1.82) is 0 Å². The van der Waals surface area contributed by atoms with E-state index < -0.39 is 23.4 Å². The summed E-state index contributed by atoms with van der Waals surface area (Å²) in [6.07, 6.45) is -2.02. The Hall–Kier alpha value is -1.72. The molecule has 1 aromatic heterocycles. The number of aromatic amines is 1. The number of H-pyrrole nitrogens is 1. The molecule has 1 aromatic rings. The maximum absolute atomic E-state index is 12.4. The van der Waals surface area contributed by atoms with Crippen molar-refractivity contribution >= 4 is 5.97 Å². The molecule has 0 saturated heterocycles. The monoisotopic (exact) mass is 231 g/mol. The van der Waals surface area contributed by atoms with E-state index in [0.29, 0.717) is 0 Å². The van der Waals surface area contributed by atoms with Crippen molar-refractivity contribution in [2.45, 2.75) is 20.3 Å². The van der Waals surface area contributed by atoms with E-state index in [4.69, 9.17) is 0 Å². The number of alkyl halides is 2. The Kier molecular flexibility index (Phi) is 3.76. The van der Waals surface area contributed by atoms with Crippen molar-refractivity contribution in [3.05, 3.63) is 33.2 Å². The van der Waals surface area contributed by atoms with Gasteiger partial charge in [0.05, 0.1) is 12.2 Å². The molecule has 0 atom stereocenters. The van der Waals surface area contributed by atoms with Gasteiger partial charge in [-0.2, -0.15) is 0 Å². The van der Waals surface area contributed by atoms with Gasteiger partial charge in [0.1, 0.15) is 5.69 Å². The minimum atomic E-state index is -2.86. The Morgan fingerprint density at radius 3 is 2.69 bits per heavy atom. The fourth-order valence-electron chi connectivity index (χ4n) is 1.23. The number of carbonyl (C=O) groups is 1. The Balaban J connectivity index is 3.22. The molecule has 0 saturated carbocycles. The minimum Gasteiger partial charge on any atom is -0.461 e. The number of rotatable bonds is 3. The van der Waals surface area contributed by atoms with Gasteiger partial charge in [-0.15, -0.1) is 0 Å². The molecule has 0 aromatic carbocycles. The molecular formula is C10H11F2NO3. The van der Waals surface area contributed by atoms with Crippen LogP contribution >= 0.6 is 0 Å². The fourth-order valence-corrected chi connectivity index (χ4v) is 1.23. The maximum atomic E-state index is 12.4. The molecular weight excluding hydrogens is 220 g/mol. The van der Waals surface area contributed by atoms with E-state index in [1.165, 1.54) is 6.92 Å². The molecule has 0 amide bonds. The third kappa shape index (κ3) is 2.26. The molecule has 1 N–H and O–H groups in total. The van der Waals surface area contributed by atoms with Gasteiger partial charge in [0, 0.05) is 11.8 Å². The third-order valence-corrected chi connectivity index (χ3v) is 2.06. The zero-order chi connectivity index (χ0) is 12.3. The molecule has 0 unspecified atom stereocenters. The van der Waals surface area contributed by atoms with Crippen molar-refractivity contribution in [1.82, 2.24) is 4.98 Å². The van der Waals surface area contributed by atoms with Crippen LogP contribution < -0.4 is 5.43 Å². The van der Waals surface area contributed by atoms with Gasteiger partial charge in [0.2, 0.25) is 0 Å². The molecule has 0 spiro atoms. The summed E-state index contributed by atoms with van der Waals surface area (Å²) in [7, 11) is 0. The number of hydrogen-bond acceptors (Lipinski definition) is 3. The van der Waals surface area contributed by atoms with Gasteiger partial charge >= 0.3 is 5.97 Å². The van der Waals surface area contributed by atoms with Crippen LogP contribution in [0.4, 0.5) is 8.78 Å². The molecule has 0 bridgehead atoms. The molecule has 4 nitrogen and oxygen atoms in total. The van der Waals surface area contributed by atoms with E-state index >= 15 is 0 Å². The van der Waals surface area contributed by atoms with Gasteiger partial charge in [0.25, 0.3) is 6.43 Å². The maximum Gasteiger partial charge on any atom is 0.355 e. The second-order valence-corrected chi connectivity index (χ2v) is 3.09. The van der Waals surface area contributed by atoms with E-state index in [1.54, 1.807) is 6.92 Å². The second-order valence-electron chi connectivity index (χ2n) is 3.09. The highest BCUT2D eigenvalue weighted by Gasteiger charge is 2.19. The van der Waals surface area contributed by atoms with Gasteiger partial charge in [-0.3, -0.25) is 4.79 Å². The highest BCUT2D eigenvalue weighted by atomic mass is 19.3. The third-order valence-electron chi connectivity index (χ3n) is 2.06. The summed E-state index contributed by atoms with van der Waals surface area (Å²) in [5, 5.41) is 0. The standard InChI is InChI=1S/C10H11F2NO3/c1-3-16-10(15)7-5(2)8(14)6(4-13-7)9(11)12/h4,9H,3H2,1-2H3,(H,13,14). The predicted molar refractivity (Wildman–Crippen MR) is 52.7 cm³/mol. The molecule has 1 rings (SSSR count). The Bertz CT molecular complexity index is 454. The molecule has 6 heteroatoms. The molecule has 0 radical (unpaired) electrons. The molecule has 0 aliphatic carbocycles. The van der Waals surface area contributed by atoms with E-state index in [-0.39, 0.29) is 17.9 Å². The first-order valence-corrected chi connectivity index (χ1v) is 4.66. The normalized spacial score (nSPS) is 10.6. The Labute approximate surface area is 90.2 Å². The lowest BCUT2D eigenvalue weighted by Gasteiger charge is -2.06. The van der Waals surface area contributed by atoms with Crippen LogP contribution in [0.15, 0.2) is 11.0 Å². The smallest absolute Gasteiger partial charge is 0.355 e. The lowest BCUT2D eigenvalue weighted by atomic mass is 10.1. The number of pyridine rings is 1. The number of hydrogen-bond donors (Lipinski definition) is 1. The summed E-state index contributed by atoms with van der Waals surface area (Å²) in [6.45, 7) is 3.06. The highest BCUT2D eigenvalue weighted by Crippen LogP contribution is 2.15. The lowest BCUT2D eigenvalue weighted by Crippen LogP contribution is -2.20. The Morgan fingerprint density at radius 1 is 1.56 bits per heavy atom. The van der Waals surface area contributed by atoms with Crippen LogP contribution in [0.25, 0.3) is 0 Å². The molecule has 0 aliphatic rings. The number of carbonyl (C=O) groups excluding carboxylic acids is 1. The van der Waals surface area contributed by atoms with E-state index in [2.05, 4.69) is 9.72 Å². The molecule has 88 valence electrons. The number of halogens is 2. The first-order chi connectivity index (χ1) is 7.49. The van der Waals surface area contributed by atoms with Gasteiger partial charge < -0.3 is 9.72 Å². The topological polar surface area (TPSA) is 59.2 Å². The fraction of sp³-hybridized carbons (Fsp3) is 0.400. The van der Waals surface area contributed by atoms with Crippen LogP contribution in [0.5, 0.6) is 0 Å². The SMILES string of the molecule is CCOC(=O)c1[nH]cc(C(F)F)c(=O)c1C. The largest absolute Gasteiger partial charge is 0.461 e. The Morgan fingerprint density at radius 2 is 2.19 bits per heavy atom. The van der Waals surface area contributed by atoms with Gasteiger partial charge in [0.15, 0.2) is 5.43 Å². The minimum absolute atomic E-state index is 0.0590. The summed E-state index contributed by atoms with van der Waals surface area (Å²) in [5.41, 5.74) is -1.63.